The third-order valence-corrected chi connectivity index (χ3v) is 5.65. The van der Waals surface area contributed by atoms with Crippen LogP contribution in [0.3, 0.4) is 0 Å². The number of methoxy groups -OCH3 is 2. The molecule has 2 aromatic carbocycles. The van der Waals surface area contributed by atoms with Crippen molar-refractivity contribution in [1.29, 1.82) is 0 Å². The zero-order valence-electron chi connectivity index (χ0n) is 17.8. The van der Waals surface area contributed by atoms with Crippen LogP contribution in [0.15, 0.2) is 53.4 Å². The molecule has 0 aliphatic heterocycles. The summed E-state index contributed by atoms with van der Waals surface area (Å²) in [6, 6.07) is 13.1. The molecule has 0 spiro atoms. The largest absolute Gasteiger partial charge is 0.493 e. The van der Waals surface area contributed by atoms with Crippen molar-refractivity contribution in [2.75, 3.05) is 36.1 Å². The molecule has 0 saturated carbocycles. The van der Waals surface area contributed by atoms with Gasteiger partial charge in [-0.15, -0.1) is 0 Å². The molecule has 0 amide bonds. The topological polar surface area (TPSA) is 114 Å². The van der Waals surface area contributed by atoms with Gasteiger partial charge in [0, 0.05) is 30.1 Å². The molecule has 0 fully saturated rings. The van der Waals surface area contributed by atoms with E-state index in [-0.39, 0.29) is 4.90 Å². The van der Waals surface area contributed by atoms with Crippen LogP contribution < -0.4 is 24.8 Å². The monoisotopic (exact) mass is 443 g/mol. The summed E-state index contributed by atoms with van der Waals surface area (Å²) in [6.07, 6.45) is 0. The fourth-order valence-electron chi connectivity index (χ4n) is 2.87. The van der Waals surface area contributed by atoms with Gasteiger partial charge < -0.3 is 20.1 Å². The second kappa shape index (κ2) is 9.52. The van der Waals surface area contributed by atoms with E-state index in [0.717, 1.165) is 18.1 Å². The first-order valence-electron chi connectivity index (χ1n) is 9.56. The van der Waals surface area contributed by atoms with Gasteiger partial charge in [-0.25, -0.2) is 18.4 Å². The van der Waals surface area contributed by atoms with Crippen LogP contribution in [0.1, 0.15) is 12.7 Å². The Morgan fingerprint density at radius 3 is 2.16 bits per heavy atom. The van der Waals surface area contributed by atoms with Gasteiger partial charge in [-0.2, -0.15) is 0 Å². The maximum Gasteiger partial charge on any atom is 0.262 e. The molecule has 0 unspecified atom stereocenters. The first kappa shape index (κ1) is 22.2. The average Bonchev–Trinajstić information content (AvgIpc) is 2.74. The number of benzene rings is 2. The summed E-state index contributed by atoms with van der Waals surface area (Å²) in [5.41, 5.74) is 1.18. The van der Waals surface area contributed by atoms with Gasteiger partial charge in [0.15, 0.2) is 11.5 Å². The van der Waals surface area contributed by atoms with Crippen molar-refractivity contribution in [2.45, 2.75) is 18.7 Å². The molecule has 31 heavy (non-hydrogen) atoms. The van der Waals surface area contributed by atoms with Crippen LogP contribution in [0.5, 0.6) is 11.5 Å². The lowest BCUT2D eigenvalue weighted by atomic mass is 10.3. The van der Waals surface area contributed by atoms with Gasteiger partial charge >= 0.3 is 0 Å². The zero-order valence-corrected chi connectivity index (χ0v) is 18.6. The summed E-state index contributed by atoms with van der Waals surface area (Å²) in [6.45, 7) is 4.56. The van der Waals surface area contributed by atoms with Crippen molar-refractivity contribution < 1.29 is 17.9 Å². The number of ether oxygens (including phenoxy) is 2. The van der Waals surface area contributed by atoms with Gasteiger partial charge in [0.25, 0.3) is 10.0 Å². The zero-order chi connectivity index (χ0) is 22.4. The first-order valence-corrected chi connectivity index (χ1v) is 11.0. The summed E-state index contributed by atoms with van der Waals surface area (Å²) < 4.78 is 38.4. The number of anilines is 4. The lowest BCUT2D eigenvalue weighted by molar-refractivity contribution is 0.354. The van der Waals surface area contributed by atoms with E-state index in [2.05, 4.69) is 25.3 Å². The highest BCUT2D eigenvalue weighted by Crippen LogP contribution is 2.30. The molecule has 3 rings (SSSR count). The molecule has 3 aromatic rings. The SMILES string of the molecule is CCNc1cc(Nc2ccc(NS(=O)(=O)c3ccc(OC)c(OC)c3)cc2)nc(C)n1. The van der Waals surface area contributed by atoms with Gasteiger partial charge in [0.1, 0.15) is 17.5 Å². The second-order valence-electron chi connectivity index (χ2n) is 6.54. The molecular formula is C21H25N5O4S. The molecule has 9 nitrogen and oxygen atoms in total. The van der Waals surface area contributed by atoms with Crippen LogP contribution in [0.4, 0.5) is 23.0 Å². The second-order valence-corrected chi connectivity index (χ2v) is 8.22. The molecule has 1 aromatic heterocycles. The summed E-state index contributed by atoms with van der Waals surface area (Å²) in [7, 11) is -0.853. The standard InChI is InChI=1S/C21H25N5O4S/c1-5-22-20-13-21(24-14(2)23-20)25-15-6-8-16(9-7-15)26-31(27,28)17-10-11-18(29-3)19(12-17)30-4/h6-13,26H,5H2,1-4H3,(H2,22,23,24,25). The Labute approximate surface area is 181 Å². The maximum absolute atomic E-state index is 12.7. The van der Waals surface area contributed by atoms with E-state index in [0.29, 0.717) is 28.8 Å². The number of nitrogens with zero attached hydrogens (tertiary/aromatic N) is 2. The van der Waals surface area contributed by atoms with Gasteiger partial charge in [-0.1, -0.05) is 0 Å². The van der Waals surface area contributed by atoms with Crippen LogP contribution in [-0.4, -0.2) is 39.2 Å². The van der Waals surface area contributed by atoms with E-state index in [1.165, 1.54) is 26.4 Å². The molecule has 0 aliphatic rings. The Hall–Kier alpha value is -3.53. The third-order valence-electron chi connectivity index (χ3n) is 4.27. The van der Waals surface area contributed by atoms with Gasteiger partial charge in [-0.05, 0) is 50.2 Å². The maximum atomic E-state index is 12.7. The molecule has 3 N–H and O–H groups in total. The number of sulfonamides is 1. The average molecular weight is 444 g/mol. The fraction of sp³-hybridized carbons (Fsp3) is 0.238. The van der Waals surface area contributed by atoms with Gasteiger partial charge in [0.05, 0.1) is 19.1 Å². The van der Waals surface area contributed by atoms with Crippen molar-refractivity contribution >= 4 is 33.0 Å². The summed E-state index contributed by atoms with van der Waals surface area (Å²) in [5, 5.41) is 6.35. The molecule has 0 atom stereocenters. The number of hydrogen-bond donors (Lipinski definition) is 3. The number of aromatic nitrogens is 2. The summed E-state index contributed by atoms with van der Waals surface area (Å²) in [4.78, 5) is 8.75. The molecular weight excluding hydrogens is 418 g/mol. The minimum absolute atomic E-state index is 0.0692. The Balaban J connectivity index is 1.74. The van der Waals surface area contributed by atoms with Gasteiger partial charge in [-0.3, -0.25) is 4.72 Å². The Kier molecular flexibility index (Phi) is 6.81. The van der Waals surface area contributed by atoms with E-state index >= 15 is 0 Å². The van der Waals surface area contributed by atoms with Crippen molar-refractivity contribution in [3.8, 4) is 11.5 Å². The van der Waals surface area contributed by atoms with Crippen molar-refractivity contribution in [3.05, 3.63) is 54.4 Å². The van der Waals surface area contributed by atoms with Crippen LogP contribution in [0.2, 0.25) is 0 Å². The van der Waals surface area contributed by atoms with Crippen molar-refractivity contribution in [1.82, 2.24) is 9.97 Å². The molecule has 10 heteroatoms. The highest BCUT2D eigenvalue weighted by atomic mass is 32.2. The van der Waals surface area contributed by atoms with E-state index in [9.17, 15) is 8.42 Å². The molecule has 0 saturated heterocycles. The normalized spacial score (nSPS) is 11.0. The van der Waals surface area contributed by atoms with Crippen LogP contribution in [0.25, 0.3) is 0 Å². The van der Waals surface area contributed by atoms with Crippen LogP contribution >= 0.6 is 0 Å². The lowest BCUT2D eigenvalue weighted by Gasteiger charge is -2.12. The van der Waals surface area contributed by atoms with Crippen molar-refractivity contribution in [2.24, 2.45) is 0 Å². The predicted octanol–water partition coefficient (Wildman–Crippen LogP) is 3.78. The molecule has 0 aliphatic carbocycles. The fourth-order valence-corrected chi connectivity index (χ4v) is 3.94. The smallest absolute Gasteiger partial charge is 0.262 e. The predicted molar refractivity (Wildman–Crippen MR) is 121 cm³/mol. The van der Waals surface area contributed by atoms with Crippen LogP contribution in [-0.2, 0) is 10.0 Å². The molecule has 164 valence electrons. The van der Waals surface area contributed by atoms with Gasteiger partial charge in [0.2, 0.25) is 0 Å². The van der Waals surface area contributed by atoms with Crippen molar-refractivity contribution in [3.63, 3.8) is 0 Å². The highest BCUT2D eigenvalue weighted by molar-refractivity contribution is 7.92. The van der Waals surface area contributed by atoms with E-state index in [1.54, 1.807) is 30.3 Å². The van der Waals surface area contributed by atoms with E-state index in [1.807, 2.05) is 19.9 Å². The number of aryl methyl sites for hydroxylation is 1. The first-order chi connectivity index (χ1) is 14.8. The number of rotatable bonds is 9. The van der Waals surface area contributed by atoms with Crippen LogP contribution in [0, 0.1) is 6.92 Å². The lowest BCUT2D eigenvalue weighted by Crippen LogP contribution is -2.13. The summed E-state index contributed by atoms with van der Waals surface area (Å²) in [5.74, 6) is 2.80. The number of nitrogens with one attached hydrogen (secondary N) is 3. The Morgan fingerprint density at radius 1 is 0.871 bits per heavy atom. The molecule has 0 bridgehead atoms. The highest BCUT2D eigenvalue weighted by Gasteiger charge is 2.17. The number of hydrogen-bond acceptors (Lipinski definition) is 8. The Morgan fingerprint density at radius 2 is 1.52 bits per heavy atom. The molecule has 1 heterocycles. The third kappa shape index (κ3) is 5.54. The minimum atomic E-state index is -3.80. The Bertz CT molecular complexity index is 1150. The molecule has 0 radical (unpaired) electrons. The quantitative estimate of drug-likeness (QED) is 0.458. The van der Waals surface area contributed by atoms with E-state index < -0.39 is 10.0 Å². The minimum Gasteiger partial charge on any atom is -0.493 e. The summed E-state index contributed by atoms with van der Waals surface area (Å²) >= 11 is 0. The van der Waals surface area contributed by atoms with E-state index in [4.69, 9.17) is 9.47 Å².